The van der Waals surface area contributed by atoms with Crippen molar-refractivity contribution in [2.45, 2.75) is 13.8 Å². The number of hydrogen-bond donors (Lipinski definition) is 0. The van der Waals surface area contributed by atoms with Crippen LogP contribution in [0.1, 0.15) is 13.8 Å². The van der Waals surface area contributed by atoms with Crippen LogP contribution in [0, 0.1) is 0 Å². The van der Waals surface area contributed by atoms with E-state index >= 15 is 0 Å². The minimum atomic E-state index is -0.0550. The SMILES string of the molecule is C=C/C(=C/C(=C)C(C)=O)N=CC. The van der Waals surface area contributed by atoms with E-state index in [1.54, 1.807) is 25.3 Å². The Morgan fingerprint density at radius 2 is 2.08 bits per heavy atom. The van der Waals surface area contributed by atoms with Crippen LogP contribution < -0.4 is 0 Å². The molecular formula is C10H13NO. The van der Waals surface area contributed by atoms with E-state index in [-0.39, 0.29) is 5.78 Å². The highest BCUT2D eigenvalue weighted by Crippen LogP contribution is 2.03. The van der Waals surface area contributed by atoms with Crippen LogP contribution in [-0.4, -0.2) is 12.0 Å². The number of ketones is 1. The summed E-state index contributed by atoms with van der Waals surface area (Å²) in [6.45, 7) is 10.4. The first-order chi connectivity index (χ1) is 5.61. The largest absolute Gasteiger partial charge is 0.295 e. The first-order valence-electron chi connectivity index (χ1n) is 3.64. The molecule has 64 valence electrons. The molecule has 12 heavy (non-hydrogen) atoms. The van der Waals surface area contributed by atoms with Gasteiger partial charge in [0.1, 0.15) is 0 Å². The summed E-state index contributed by atoms with van der Waals surface area (Å²) in [5.41, 5.74) is 1.09. The molecule has 0 amide bonds. The summed E-state index contributed by atoms with van der Waals surface area (Å²) < 4.78 is 0. The van der Waals surface area contributed by atoms with E-state index in [4.69, 9.17) is 0 Å². The molecule has 0 aromatic carbocycles. The van der Waals surface area contributed by atoms with Crippen LogP contribution in [0.5, 0.6) is 0 Å². The van der Waals surface area contributed by atoms with Gasteiger partial charge in [-0.05, 0) is 26.0 Å². The highest BCUT2D eigenvalue weighted by molar-refractivity contribution is 5.95. The third-order valence-electron chi connectivity index (χ3n) is 1.26. The fraction of sp³-hybridized carbons (Fsp3) is 0.200. The second-order valence-corrected chi connectivity index (χ2v) is 2.24. The first-order valence-corrected chi connectivity index (χ1v) is 3.64. The van der Waals surface area contributed by atoms with E-state index in [0.717, 1.165) is 0 Å². The molecule has 0 saturated carbocycles. The molecule has 0 saturated heterocycles. The molecule has 0 aromatic heterocycles. The Morgan fingerprint density at radius 3 is 2.42 bits per heavy atom. The lowest BCUT2D eigenvalue weighted by Crippen LogP contribution is -1.91. The van der Waals surface area contributed by atoms with E-state index in [1.807, 2.05) is 0 Å². The van der Waals surface area contributed by atoms with E-state index < -0.39 is 0 Å². The van der Waals surface area contributed by atoms with Crippen molar-refractivity contribution in [1.82, 2.24) is 0 Å². The van der Waals surface area contributed by atoms with Gasteiger partial charge in [-0.3, -0.25) is 9.79 Å². The summed E-state index contributed by atoms with van der Waals surface area (Å²) >= 11 is 0. The lowest BCUT2D eigenvalue weighted by molar-refractivity contribution is -0.113. The molecule has 0 spiro atoms. The molecule has 0 atom stereocenters. The molecule has 0 aromatic rings. The molecule has 0 unspecified atom stereocenters. The quantitative estimate of drug-likeness (QED) is 0.355. The Kier molecular flexibility index (Phi) is 4.61. The topological polar surface area (TPSA) is 29.4 Å². The van der Waals surface area contributed by atoms with E-state index in [0.29, 0.717) is 11.3 Å². The highest BCUT2D eigenvalue weighted by Gasteiger charge is 1.96. The molecule has 0 aliphatic heterocycles. The first kappa shape index (κ1) is 10.6. The third kappa shape index (κ3) is 3.66. The van der Waals surface area contributed by atoms with Gasteiger partial charge < -0.3 is 0 Å². The lowest BCUT2D eigenvalue weighted by atomic mass is 10.2. The zero-order chi connectivity index (χ0) is 9.56. The van der Waals surface area contributed by atoms with Crippen LogP contribution in [0.15, 0.2) is 41.6 Å². The van der Waals surface area contributed by atoms with Crippen molar-refractivity contribution in [2.24, 2.45) is 4.99 Å². The van der Waals surface area contributed by atoms with E-state index in [1.165, 1.54) is 6.92 Å². The second kappa shape index (κ2) is 5.24. The van der Waals surface area contributed by atoms with Crippen molar-refractivity contribution < 1.29 is 4.79 Å². The zero-order valence-electron chi connectivity index (χ0n) is 7.50. The van der Waals surface area contributed by atoms with Crippen LogP contribution in [0.4, 0.5) is 0 Å². The van der Waals surface area contributed by atoms with Crippen molar-refractivity contribution in [1.29, 1.82) is 0 Å². The summed E-state index contributed by atoms with van der Waals surface area (Å²) in [7, 11) is 0. The van der Waals surface area contributed by atoms with Crippen LogP contribution in [0.3, 0.4) is 0 Å². The molecule has 0 bridgehead atoms. The smallest absolute Gasteiger partial charge is 0.159 e. The normalized spacial score (nSPS) is 11.7. The summed E-state index contributed by atoms with van der Waals surface area (Å²) in [6.07, 6.45) is 4.82. The van der Waals surface area contributed by atoms with Gasteiger partial charge >= 0.3 is 0 Å². The molecule has 2 heteroatoms. The number of carbonyl (C=O) groups excluding carboxylic acids is 1. The molecule has 0 N–H and O–H groups in total. The lowest BCUT2D eigenvalue weighted by Gasteiger charge is -1.94. The minimum Gasteiger partial charge on any atom is -0.295 e. The van der Waals surface area contributed by atoms with Gasteiger partial charge in [0.25, 0.3) is 0 Å². The van der Waals surface area contributed by atoms with Crippen molar-refractivity contribution in [3.63, 3.8) is 0 Å². The Labute approximate surface area is 73.0 Å². The van der Waals surface area contributed by atoms with Crippen LogP contribution in [0.2, 0.25) is 0 Å². The van der Waals surface area contributed by atoms with Crippen LogP contribution in [-0.2, 0) is 4.79 Å². The van der Waals surface area contributed by atoms with Crippen molar-refractivity contribution in [3.05, 3.63) is 36.6 Å². The van der Waals surface area contributed by atoms with Crippen LogP contribution in [0.25, 0.3) is 0 Å². The molecule has 0 fully saturated rings. The van der Waals surface area contributed by atoms with Gasteiger partial charge in [-0.2, -0.15) is 0 Å². The van der Waals surface area contributed by atoms with Crippen LogP contribution >= 0.6 is 0 Å². The number of nitrogens with zero attached hydrogens (tertiary/aromatic N) is 1. The fourth-order valence-corrected chi connectivity index (χ4v) is 0.578. The van der Waals surface area contributed by atoms with Gasteiger partial charge in [0.15, 0.2) is 5.78 Å². The van der Waals surface area contributed by atoms with Gasteiger partial charge in [-0.25, -0.2) is 0 Å². The highest BCUT2D eigenvalue weighted by atomic mass is 16.1. The van der Waals surface area contributed by atoms with Gasteiger partial charge in [0, 0.05) is 11.8 Å². The minimum absolute atomic E-state index is 0.0550. The maximum atomic E-state index is 10.8. The number of hydrogen-bond acceptors (Lipinski definition) is 2. The van der Waals surface area contributed by atoms with Gasteiger partial charge in [0.2, 0.25) is 0 Å². The maximum absolute atomic E-state index is 10.8. The Hall–Kier alpha value is -1.44. The number of aliphatic imine (C=N–C) groups is 1. The predicted octanol–water partition coefficient (Wildman–Crippen LogP) is 2.29. The third-order valence-corrected chi connectivity index (χ3v) is 1.26. The van der Waals surface area contributed by atoms with Crippen molar-refractivity contribution in [3.8, 4) is 0 Å². The van der Waals surface area contributed by atoms with Gasteiger partial charge in [0.05, 0.1) is 5.70 Å². The van der Waals surface area contributed by atoms with Gasteiger partial charge in [-0.1, -0.05) is 13.2 Å². The number of allylic oxidation sites excluding steroid dienone is 3. The molecule has 0 rings (SSSR count). The summed E-state index contributed by atoms with van der Waals surface area (Å²) in [4.78, 5) is 14.7. The average molecular weight is 163 g/mol. The Bertz CT molecular complexity index is 259. The van der Waals surface area contributed by atoms with E-state index in [2.05, 4.69) is 18.2 Å². The standard InChI is InChI=1S/C10H13NO/c1-5-10(11-6-2)7-8(3)9(4)12/h5-7H,1,3H2,2,4H3/b10-7-,11-6?. The summed E-state index contributed by atoms with van der Waals surface area (Å²) in [5.74, 6) is -0.0550. The van der Waals surface area contributed by atoms with Gasteiger partial charge in [-0.15, -0.1) is 0 Å². The van der Waals surface area contributed by atoms with Crippen molar-refractivity contribution in [2.75, 3.05) is 0 Å². The number of carbonyl (C=O) groups is 1. The summed E-state index contributed by atoms with van der Waals surface area (Å²) in [6, 6.07) is 0. The number of rotatable bonds is 4. The average Bonchev–Trinajstić information content (AvgIpc) is 2.03. The molecule has 0 aliphatic carbocycles. The van der Waals surface area contributed by atoms with E-state index in [9.17, 15) is 4.79 Å². The Morgan fingerprint density at radius 1 is 1.50 bits per heavy atom. The summed E-state index contributed by atoms with van der Waals surface area (Å²) in [5, 5.41) is 0. The van der Waals surface area contributed by atoms with Crippen molar-refractivity contribution >= 4 is 12.0 Å². The molecular weight excluding hydrogens is 150 g/mol. The second-order valence-electron chi connectivity index (χ2n) is 2.24. The maximum Gasteiger partial charge on any atom is 0.159 e. The molecule has 0 aliphatic rings. The molecule has 0 heterocycles. The number of Topliss-reactive ketones (excluding diaryl/α,β-unsaturated/α-hetero) is 1. The molecule has 2 nitrogen and oxygen atoms in total. The Balaban J connectivity index is 4.60. The zero-order valence-corrected chi connectivity index (χ0v) is 7.50. The predicted molar refractivity (Wildman–Crippen MR) is 52.3 cm³/mol. The monoisotopic (exact) mass is 163 g/mol. The fourth-order valence-electron chi connectivity index (χ4n) is 0.578. The molecule has 0 radical (unpaired) electrons.